The van der Waals surface area contributed by atoms with E-state index in [-0.39, 0.29) is 17.1 Å². The maximum Gasteiger partial charge on any atom is 0.417 e. The molecule has 1 aliphatic rings. The van der Waals surface area contributed by atoms with Crippen molar-refractivity contribution in [1.82, 2.24) is 4.98 Å². The minimum Gasteiger partial charge on any atom is -0.493 e. The third-order valence-electron chi connectivity index (χ3n) is 6.17. The smallest absolute Gasteiger partial charge is 0.417 e. The minimum absolute atomic E-state index is 0.203. The molecule has 0 unspecified atom stereocenters. The molecule has 2 heterocycles. The standard InChI is InChI=1S/C22H22F5N5O5/c1-8-14(10-4-5-11(23)15(24)16(10)36-3)17(37-21(8,2)22(25,26)27)19(34)30-9-6-12(18(28)33)31-13(7-9)32-20(29)35/h4-8,14,17H,1-3H3,(H2,28,33)(H4,29,30,31,32,34,35)/t8-,14-,17+,21+/m0/s1. The Morgan fingerprint density at radius 2 is 1.78 bits per heavy atom. The third kappa shape index (κ3) is 5.12. The zero-order chi connectivity index (χ0) is 27.9. The second-order valence-electron chi connectivity index (χ2n) is 8.41. The van der Waals surface area contributed by atoms with Gasteiger partial charge in [-0.2, -0.15) is 17.6 Å². The summed E-state index contributed by atoms with van der Waals surface area (Å²) < 4.78 is 80.6. The number of primary amides is 2. The molecule has 3 rings (SSSR count). The van der Waals surface area contributed by atoms with E-state index in [4.69, 9.17) is 20.9 Å². The van der Waals surface area contributed by atoms with E-state index in [0.717, 1.165) is 39.2 Å². The van der Waals surface area contributed by atoms with Gasteiger partial charge in [0.05, 0.1) is 7.11 Å². The molecule has 4 amide bonds. The summed E-state index contributed by atoms with van der Waals surface area (Å²) in [6.45, 7) is 1.88. The number of carbonyl (C=O) groups is 3. The molecule has 6 N–H and O–H groups in total. The zero-order valence-corrected chi connectivity index (χ0v) is 19.6. The summed E-state index contributed by atoms with van der Waals surface area (Å²) in [6, 6.07) is 2.70. The Balaban J connectivity index is 2.09. The highest BCUT2D eigenvalue weighted by atomic mass is 19.4. The minimum atomic E-state index is -4.96. The van der Waals surface area contributed by atoms with Crippen molar-refractivity contribution in [3.05, 3.63) is 47.2 Å². The van der Waals surface area contributed by atoms with E-state index in [9.17, 15) is 36.3 Å². The van der Waals surface area contributed by atoms with Gasteiger partial charge >= 0.3 is 12.2 Å². The van der Waals surface area contributed by atoms with Crippen LogP contribution in [0.2, 0.25) is 0 Å². The molecule has 0 spiro atoms. The highest BCUT2D eigenvalue weighted by Crippen LogP contribution is 2.55. The van der Waals surface area contributed by atoms with Gasteiger partial charge in [0, 0.05) is 29.2 Å². The molecule has 4 atom stereocenters. The quantitative estimate of drug-likeness (QED) is 0.420. The number of rotatable bonds is 6. The van der Waals surface area contributed by atoms with Gasteiger partial charge in [-0.3, -0.25) is 14.9 Å². The van der Waals surface area contributed by atoms with Crippen LogP contribution < -0.4 is 26.8 Å². The van der Waals surface area contributed by atoms with Crippen molar-refractivity contribution in [2.45, 2.75) is 37.6 Å². The number of methoxy groups -OCH3 is 1. The molecular formula is C22H22F5N5O5. The number of ether oxygens (including phenoxy) is 2. The van der Waals surface area contributed by atoms with Gasteiger partial charge in [-0.05, 0) is 19.1 Å². The fourth-order valence-electron chi connectivity index (χ4n) is 4.17. The van der Waals surface area contributed by atoms with Crippen molar-refractivity contribution in [3.8, 4) is 5.75 Å². The Labute approximate surface area is 206 Å². The molecule has 1 saturated heterocycles. The lowest BCUT2D eigenvalue weighted by Crippen LogP contribution is -2.47. The van der Waals surface area contributed by atoms with Gasteiger partial charge in [0.15, 0.2) is 17.2 Å². The second kappa shape index (κ2) is 9.80. The van der Waals surface area contributed by atoms with E-state index in [2.05, 4.69) is 15.6 Å². The maximum absolute atomic E-state index is 14.5. The first-order valence-electron chi connectivity index (χ1n) is 10.6. The van der Waals surface area contributed by atoms with Crippen LogP contribution in [-0.2, 0) is 9.53 Å². The normalized spacial score (nSPS) is 23.4. The number of aromatic nitrogens is 1. The van der Waals surface area contributed by atoms with E-state index in [1.807, 2.05) is 0 Å². The number of nitrogens with one attached hydrogen (secondary N) is 2. The Morgan fingerprint density at radius 3 is 2.32 bits per heavy atom. The molecule has 1 aromatic carbocycles. The second-order valence-corrected chi connectivity index (χ2v) is 8.41. The molecular weight excluding hydrogens is 509 g/mol. The molecule has 200 valence electrons. The first-order valence-corrected chi connectivity index (χ1v) is 10.6. The van der Waals surface area contributed by atoms with Crippen LogP contribution in [0.15, 0.2) is 24.3 Å². The Bertz CT molecular complexity index is 1260. The first kappa shape index (κ1) is 27.6. The molecule has 1 fully saturated rings. The number of benzene rings is 1. The number of hydrogen-bond acceptors (Lipinski definition) is 6. The summed E-state index contributed by atoms with van der Waals surface area (Å²) in [4.78, 5) is 39.8. The monoisotopic (exact) mass is 531 g/mol. The van der Waals surface area contributed by atoms with E-state index in [1.165, 1.54) is 0 Å². The Kier molecular flexibility index (Phi) is 7.30. The molecule has 1 aromatic heterocycles. The molecule has 0 aliphatic carbocycles. The topological polar surface area (TPSA) is 159 Å². The summed E-state index contributed by atoms with van der Waals surface area (Å²) in [5.41, 5.74) is 6.52. The van der Waals surface area contributed by atoms with E-state index in [1.54, 1.807) is 0 Å². The molecule has 1 aliphatic heterocycles. The predicted octanol–water partition coefficient (Wildman–Crippen LogP) is 3.04. The average Bonchev–Trinajstić information content (AvgIpc) is 3.06. The molecule has 10 nitrogen and oxygen atoms in total. The molecule has 0 saturated carbocycles. The number of carbonyl (C=O) groups excluding carboxylic acids is 3. The van der Waals surface area contributed by atoms with Crippen LogP contribution in [0, 0.1) is 17.6 Å². The van der Waals surface area contributed by atoms with E-state index in [0.29, 0.717) is 6.07 Å². The largest absolute Gasteiger partial charge is 0.493 e. The van der Waals surface area contributed by atoms with Crippen molar-refractivity contribution >= 4 is 29.4 Å². The Morgan fingerprint density at radius 1 is 1.14 bits per heavy atom. The fraction of sp³-hybridized carbons (Fsp3) is 0.364. The third-order valence-corrected chi connectivity index (χ3v) is 6.17. The van der Waals surface area contributed by atoms with Gasteiger partial charge in [0.2, 0.25) is 5.82 Å². The summed E-state index contributed by atoms with van der Waals surface area (Å²) in [6.07, 6.45) is -6.85. The van der Waals surface area contributed by atoms with Crippen molar-refractivity contribution in [2.75, 3.05) is 17.7 Å². The number of urea groups is 1. The zero-order valence-electron chi connectivity index (χ0n) is 19.6. The molecule has 37 heavy (non-hydrogen) atoms. The first-order chi connectivity index (χ1) is 17.1. The highest BCUT2D eigenvalue weighted by molar-refractivity contribution is 5.99. The van der Waals surface area contributed by atoms with Crippen molar-refractivity contribution in [3.63, 3.8) is 0 Å². The van der Waals surface area contributed by atoms with Gasteiger partial charge in [0.1, 0.15) is 17.6 Å². The number of pyridine rings is 1. The van der Waals surface area contributed by atoms with Crippen LogP contribution in [0.4, 0.5) is 38.3 Å². The molecule has 0 bridgehead atoms. The summed E-state index contributed by atoms with van der Waals surface area (Å²) in [7, 11) is 0.995. The van der Waals surface area contributed by atoms with Crippen molar-refractivity contribution < 1.29 is 45.8 Å². The summed E-state index contributed by atoms with van der Waals surface area (Å²) in [5.74, 6) is -8.86. The molecule has 0 radical (unpaired) electrons. The van der Waals surface area contributed by atoms with Gasteiger partial charge < -0.3 is 26.3 Å². The number of nitrogens with zero attached hydrogens (tertiary/aromatic N) is 1. The summed E-state index contributed by atoms with van der Waals surface area (Å²) in [5, 5.41) is 4.37. The van der Waals surface area contributed by atoms with Crippen LogP contribution >= 0.6 is 0 Å². The number of alkyl halides is 3. The SMILES string of the molecule is COc1c([C@H]2[C@H](C(=O)Nc3cc(NC(N)=O)nc(C(N)=O)c3)O[C@@](C)(C(F)(F)F)[C@H]2C)ccc(F)c1F. The summed E-state index contributed by atoms with van der Waals surface area (Å²) >= 11 is 0. The lowest BCUT2D eigenvalue weighted by molar-refractivity contribution is -0.272. The van der Waals surface area contributed by atoms with Gasteiger partial charge in [-0.15, -0.1) is 0 Å². The van der Waals surface area contributed by atoms with Crippen molar-refractivity contribution in [1.29, 1.82) is 0 Å². The van der Waals surface area contributed by atoms with E-state index >= 15 is 0 Å². The number of halogens is 5. The number of nitrogens with two attached hydrogens (primary N) is 2. The van der Waals surface area contributed by atoms with Crippen molar-refractivity contribution in [2.24, 2.45) is 17.4 Å². The lowest BCUT2D eigenvalue weighted by atomic mass is 9.77. The molecule has 15 heteroatoms. The number of hydrogen-bond donors (Lipinski definition) is 4. The predicted molar refractivity (Wildman–Crippen MR) is 119 cm³/mol. The van der Waals surface area contributed by atoms with Crippen LogP contribution in [0.25, 0.3) is 0 Å². The number of amides is 4. The fourth-order valence-corrected chi connectivity index (χ4v) is 4.17. The Hall–Kier alpha value is -4.01. The van der Waals surface area contributed by atoms with E-state index < -0.39 is 70.6 Å². The average molecular weight is 531 g/mol. The van der Waals surface area contributed by atoms with Crippen LogP contribution in [-0.4, -0.2) is 47.8 Å². The van der Waals surface area contributed by atoms with Crippen LogP contribution in [0.3, 0.4) is 0 Å². The van der Waals surface area contributed by atoms with Crippen LogP contribution in [0.1, 0.15) is 35.8 Å². The van der Waals surface area contributed by atoms with Crippen LogP contribution in [0.5, 0.6) is 5.75 Å². The van der Waals surface area contributed by atoms with Gasteiger partial charge in [-0.1, -0.05) is 13.0 Å². The van der Waals surface area contributed by atoms with Gasteiger partial charge in [-0.25, -0.2) is 14.2 Å². The lowest BCUT2D eigenvalue weighted by Gasteiger charge is -2.32. The molecule has 2 aromatic rings. The number of anilines is 2. The maximum atomic E-state index is 14.5. The highest BCUT2D eigenvalue weighted by Gasteiger charge is 2.65. The van der Waals surface area contributed by atoms with Gasteiger partial charge in [0.25, 0.3) is 11.8 Å².